The summed E-state index contributed by atoms with van der Waals surface area (Å²) >= 11 is 0. The lowest BCUT2D eigenvalue weighted by Crippen LogP contribution is -2.38. The Hall–Kier alpha value is -0.0400. The molecule has 90 valence electrons. The fraction of sp³-hybridized carbons (Fsp3) is 1.00. The van der Waals surface area contributed by atoms with Crippen LogP contribution < -0.4 is 0 Å². The molecule has 0 radical (unpaired) electrons. The van der Waals surface area contributed by atoms with E-state index in [1.807, 2.05) is 0 Å². The monoisotopic (exact) mass is 220 g/mol. The molecular weight excluding hydrogens is 196 g/mol. The molecule has 1 nitrogen and oxygen atoms in total. The second-order valence-electron chi connectivity index (χ2n) is 7.61. The Kier molecular flexibility index (Phi) is 1.57. The van der Waals surface area contributed by atoms with Gasteiger partial charge in [0.15, 0.2) is 0 Å². The maximum absolute atomic E-state index is 9.44. The maximum atomic E-state index is 9.44. The van der Waals surface area contributed by atoms with Gasteiger partial charge < -0.3 is 5.11 Å². The van der Waals surface area contributed by atoms with Crippen LogP contribution >= 0.6 is 0 Å². The van der Waals surface area contributed by atoms with Gasteiger partial charge in [-0.05, 0) is 65.6 Å². The Bertz CT molecular complexity index is 351. The Morgan fingerprint density at radius 1 is 1.31 bits per heavy atom. The van der Waals surface area contributed by atoms with Gasteiger partial charge in [-0.15, -0.1) is 0 Å². The van der Waals surface area contributed by atoms with E-state index in [1.165, 1.54) is 19.3 Å². The smallest absolute Gasteiger partial charge is 0.0459 e. The first-order valence-electron chi connectivity index (χ1n) is 7.16. The molecule has 0 heterocycles. The van der Waals surface area contributed by atoms with E-state index in [2.05, 4.69) is 20.8 Å². The molecule has 16 heavy (non-hydrogen) atoms. The molecule has 5 aliphatic rings. The second kappa shape index (κ2) is 2.53. The van der Waals surface area contributed by atoms with Gasteiger partial charge in [0, 0.05) is 6.61 Å². The molecule has 1 heteroatoms. The van der Waals surface area contributed by atoms with Crippen LogP contribution in [0.25, 0.3) is 0 Å². The van der Waals surface area contributed by atoms with E-state index in [1.54, 1.807) is 0 Å². The van der Waals surface area contributed by atoms with Gasteiger partial charge in [-0.25, -0.2) is 0 Å². The molecule has 0 saturated heterocycles. The molecule has 1 N–H and O–H groups in total. The number of hydrogen-bond acceptors (Lipinski definition) is 1. The van der Waals surface area contributed by atoms with Crippen molar-refractivity contribution < 1.29 is 5.11 Å². The third-order valence-electron chi connectivity index (χ3n) is 7.73. The highest BCUT2D eigenvalue weighted by Crippen LogP contribution is 2.91. The molecular formula is C15H24O. The molecule has 0 amide bonds. The van der Waals surface area contributed by atoms with Gasteiger partial charge in [-0.1, -0.05) is 20.8 Å². The summed E-state index contributed by atoms with van der Waals surface area (Å²) < 4.78 is 0. The van der Waals surface area contributed by atoms with Gasteiger partial charge in [-0.3, -0.25) is 0 Å². The summed E-state index contributed by atoms with van der Waals surface area (Å²) in [4.78, 5) is 0. The minimum atomic E-state index is 0.401. The van der Waals surface area contributed by atoms with E-state index >= 15 is 0 Å². The van der Waals surface area contributed by atoms with Crippen LogP contribution in [0.2, 0.25) is 0 Å². The van der Waals surface area contributed by atoms with E-state index in [0.29, 0.717) is 23.4 Å². The number of rotatable bonds is 2. The normalized spacial score (nSPS) is 67.1. The van der Waals surface area contributed by atoms with Gasteiger partial charge >= 0.3 is 0 Å². The van der Waals surface area contributed by atoms with Crippen LogP contribution in [0.1, 0.15) is 40.0 Å². The zero-order chi connectivity index (χ0) is 11.3. The summed E-state index contributed by atoms with van der Waals surface area (Å²) in [6.45, 7) is 7.83. The van der Waals surface area contributed by atoms with Crippen LogP contribution in [-0.4, -0.2) is 11.7 Å². The SMILES string of the molecule is CC(CO)C1CCC2(C)[C@H]3CC4C(C13)[C@@]42C. The van der Waals surface area contributed by atoms with Crippen molar-refractivity contribution in [3.8, 4) is 0 Å². The maximum Gasteiger partial charge on any atom is 0.0459 e. The summed E-state index contributed by atoms with van der Waals surface area (Å²) in [5.41, 5.74) is 1.39. The first-order valence-corrected chi connectivity index (χ1v) is 7.16. The Morgan fingerprint density at radius 2 is 2.06 bits per heavy atom. The number of aliphatic hydroxyl groups excluding tert-OH is 1. The quantitative estimate of drug-likeness (QED) is 0.758. The highest BCUT2D eigenvalue weighted by molar-refractivity contribution is 5.33. The third kappa shape index (κ3) is 0.723. The van der Waals surface area contributed by atoms with Crippen molar-refractivity contribution in [3.05, 3.63) is 0 Å². The molecule has 0 aromatic heterocycles. The van der Waals surface area contributed by atoms with Crippen LogP contribution in [0.3, 0.4) is 0 Å². The van der Waals surface area contributed by atoms with E-state index in [4.69, 9.17) is 0 Å². The predicted octanol–water partition coefficient (Wildman–Crippen LogP) is 2.93. The summed E-state index contributed by atoms with van der Waals surface area (Å²) in [6, 6.07) is 0. The number of hydrogen-bond donors (Lipinski definition) is 1. The summed E-state index contributed by atoms with van der Waals surface area (Å²) in [5, 5.41) is 9.44. The zero-order valence-corrected chi connectivity index (χ0v) is 10.7. The fourth-order valence-corrected chi connectivity index (χ4v) is 6.74. The molecule has 5 fully saturated rings. The Morgan fingerprint density at radius 3 is 2.69 bits per heavy atom. The minimum Gasteiger partial charge on any atom is -0.396 e. The lowest BCUT2D eigenvalue weighted by atomic mass is 9.61. The van der Waals surface area contributed by atoms with Crippen LogP contribution in [-0.2, 0) is 0 Å². The van der Waals surface area contributed by atoms with E-state index in [0.717, 1.165) is 29.6 Å². The third-order valence-corrected chi connectivity index (χ3v) is 7.73. The minimum absolute atomic E-state index is 0.401. The van der Waals surface area contributed by atoms with E-state index < -0.39 is 0 Å². The molecule has 5 aliphatic carbocycles. The predicted molar refractivity (Wildman–Crippen MR) is 63.8 cm³/mol. The standard InChI is InChI=1S/C15H24O/c1-8(7-16)9-4-5-14(2)10-6-11-13(12(9)10)15(11,14)3/h8-13,16H,4-7H2,1-3H3/t8?,9?,10-,11?,12?,13?,14?,15+/m0/s1. The average Bonchev–Trinajstić information content (AvgIpc) is 2.58. The van der Waals surface area contributed by atoms with Crippen LogP contribution in [0.5, 0.6) is 0 Å². The van der Waals surface area contributed by atoms with Gasteiger partial charge in [0.2, 0.25) is 0 Å². The summed E-state index contributed by atoms with van der Waals surface area (Å²) in [5.74, 6) is 5.49. The molecule has 0 spiro atoms. The summed E-state index contributed by atoms with van der Waals surface area (Å²) in [6.07, 6.45) is 4.35. The highest BCUT2D eigenvalue weighted by atomic mass is 16.3. The highest BCUT2D eigenvalue weighted by Gasteiger charge is 2.86. The number of aliphatic hydroxyl groups is 1. The first-order chi connectivity index (χ1) is 7.55. The van der Waals surface area contributed by atoms with Gasteiger partial charge in [0.25, 0.3) is 0 Å². The van der Waals surface area contributed by atoms with Crippen molar-refractivity contribution in [2.75, 3.05) is 6.61 Å². The van der Waals surface area contributed by atoms with Crippen molar-refractivity contribution in [2.24, 2.45) is 46.3 Å². The van der Waals surface area contributed by atoms with Gasteiger partial charge in [0.1, 0.15) is 0 Å². The topological polar surface area (TPSA) is 20.2 Å². The van der Waals surface area contributed by atoms with Crippen LogP contribution in [0, 0.1) is 46.3 Å². The van der Waals surface area contributed by atoms with Crippen molar-refractivity contribution in [3.63, 3.8) is 0 Å². The molecule has 5 saturated carbocycles. The molecule has 6 unspecified atom stereocenters. The lowest BCUT2D eigenvalue weighted by molar-refractivity contribution is 0.0302. The molecule has 8 atom stereocenters. The fourth-order valence-electron chi connectivity index (χ4n) is 6.74. The van der Waals surface area contributed by atoms with Crippen molar-refractivity contribution in [1.29, 1.82) is 0 Å². The molecule has 6 bridgehead atoms. The van der Waals surface area contributed by atoms with E-state index in [-0.39, 0.29) is 0 Å². The molecule has 0 aliphatic heterocycles. The van der Waals surface area contributed by atoms with Gasteiger partial charge in [-0.2, -0.15) is 0 Å². The van der Waals surface area contributed by atoms with Crippen LogP contribution in [0.15, 0.2) is 0 Å². The molecule has 5 rings (SSSR count). The largest absolute Gasteiger partial charge is 0.396 e. The van der Waals surface area contributed by atoms with E-state index in [9.17, 15) is 5.11 Å². The van der Waals surface area contributed by atoms with Crippen molar-refractivity contribution in [2.45, 2.75) is 40.0 Å². The molecule has 0 aromatic carbocycles. The Balaban J connectivity index is 1.73. The lowest BCUT2D eigenvalue weighted by Gasteiger charge is -2.44. The van der Waals surface area contributed by atoms with Crippen molar-refractivity contribution in [1.82, 2.24) is 0 Å². The van der Waals surface area contributed by atoms with Crippen molar-refractivity contribution >= 4 is 0 Å². The second-order valence-corrected chi connectivity index (χ2v) is 7.61. The zero-order valence-electron chi connectivity index (χ0n) is 10.7. The Labute approximate surface area is 98.6 Å². The molecule has 0 aromatic rings. The average molecular weight is 220 g/mol. The summed E-state index contributed by atoms with van der Waals surface area (Å²) in [7, 11) is 0. The van der Waals surface area contributed by atoms with Gasteiger partial charge in [0.05, 0.1) is 0 Å². The first kappa shape index (κ1) is 9.94. The van der Waals surface area contributed by atoms with Crippen LogP contribution in [0.4, 0.5) is 0 Å².